The van der Waals surface area contributed by atoms with Crippen molar-refractivity contribution in [2.45, 2.75) is 0 Å². The standard InChI is InChI=1S/C34H17BrN4/c35-34-17-24(2-1-22-5-13-30-26(18-36)9-11-28(20-38)32(30)15-22)4-8-25(34)7-3-23-6-14-31-27(19-37)10-12-29(21-39)33(31)16-23/h1-17H/b2-1+,7-3+. The largest absolute Gasteiger partial charge is 0.192 e. The molecule has 5 heteroatoms. The van der Waals surface area contributed by atoms with Crippen molar-refractivity contribution in [3.05, 3.63) is 128 Å². The van der Waals surface area contributed by atoms with E-state index >= 15 is 0 Å². The van der Waals surface area contributed by atoms with Gasteiger partial charge in [0.25, 0.3) is 0 Å². The van der Waals surface area contributed by atoms with E-state index in [4.69, 9.17) is 0 Å². The Morgan fingerprint density at radius 1 is 0.436 bits per heavy atom. The van der Waals surface area contributed by atoms with Crippen LogP contribution < -0.4 is 0 Å². The minimum atomic E-state index is 0.539. The second kappa shape index (κ2) is 10.9. The van der Waals surface area contributed by atoms with Crippen molar-refractivity contribution in [2.24, 2.45) is 0 Å². The highest BCUT2D eigenvalue weighted by atomic mass is 79.9. The highest BCUT2D eigenvalue weighted by Crippen LogP contribution is 2.27. The predicted octanol–water partition coefficient (Wildman–Crippen LogP) is 8.58. The number of hydrogen-bond donors (Lipinski definition) is 0. The summed E-state index contributed by atoms with van der Waals surface area (Å²) in [5.74, 6) is 0. The maximum Gasteiger partial charge on any atom is 0.0998 e. The first-order valence-corrected chi connectivity index (χ1v) is 12.7. The molecule has 0 aliphatic rings. The van der Waals surface area contributed by atoms with Crippen LogP contribution in [0.4, 0.5) is 0 Å². The molecule has 0 saturated heterocycles. The molecular formula is C34H17BrN4. The van der Waals surface area contributed by atoms with Crippen LogP contribution in [0.25, 0.3) is 45.8 Å². The van der Waals surface area contributed by atoms with Crippen molar-refractivity contribution >= 4 is 61.8 Å². The van der Waals surface area contributed by atoms with Crippen molar-refractivity contribution in [3.8, 4) is 24.3 Å². The summed E-state index contributed by atoms with van der Waals surface area (Å²) in [5, 5.41) is 40.8. The average Bonchev–Trinajstić information content (AvgIpc) is 2.98. The topological polar surface area (TPSA) is 95.2 Å². The van der Waals surface area contributed by atoms with Crippen LogP contribution in [0.5, 0.6) is 0 Å². The number of fused-ring (bicyclic) bond motifs is 2. The zero-order chi connectivity index (χ0) is 27.4. The molecule has 180 valence electrons. The first-order chi connectivity index (χ1) is 19.0. The first kappa shape index (κ1) is 25.2. The van der Waals surface area contributed by atoms with Crippen LogP contribution in [0.2, 0.25) is 0 Å². The Morgan fingerprint density at radius 2 is 0.821 bits per heavy atom. The average molecular weight is 561 g/mol. The minimum Gasteiger partial charge on any atom is -0.192 e. The Balaban J connectivity index is 1.40. The second-order valence-electron chi connectivity index (χ2n) is 8.83. The molecule has 4 nitrogen and oxygen atoms in total. The number of rotatable bonds is 4. The zero-order valence-electron chi connectivity index (χ0n) is 20.5. The molecule has 0 amide bonds. The van der Waals surface area contributed by atoms with Gasteiger partial charge < -0.3 is 0 Å². The molecular weight excluding hydrogens is 544 g/mol. The van der Waals surface area contributed by atoms with E-state index in [0.29, 0.717) is 22.3 Å². The van der Waals surface area contributed by atoms with E-state index in [1.165, 1.54) is 0 Å². The second-order valence-corrected chi connectivity index (χ2v) is 9.68. The fraction of sp³-hybridized carbons (Fsp3) is 0. The van der Waals surface area contributed by atoms with E-state index in [1.54, 1.807) is 24.3 Å². The molecule has 0 aliphatic carbocycles. The Bertz CT molecular complexity index is 2020. The quantitative estimate of drug-likeness (QED) is 0.205. The van der Waals surface area contributed by atoms with Gasteiger partial charge in [0.15, 0.2) is 0 Å². The summed E-state index contributed by atoms with van der Waals surface area (Å²) in [7, 11) is 0. The van der Waals surface area contributed by atoms with E-state index in [9.17, 15) is 21.0 Å². The van der Waals surface area contributed by atoms with Crippen LogP contribution in [0.3, 0.4) is 0 Å². The van der Waals surface area contributed by atoms with E-state index in [-0.39, 0.29) is 0 Å². The van der Waals surface area contributed by atoms with Gasteiger partial charge in [0.1, 0.15) is 0 Å². The Morgan fingerprint density at radius 3 is 1.26 bits per heavy atom. The number of nitriles is 4. The highest BCUT2D eigenvalue weighted by molar-refractivity contribution is 9.10. The molecule has 0 bridgehead atoms. The third-order valence-electron chi connectivity index (χ3n) is 6.51. The number of halogens is 1. The SMILES string of the molecule is N#Cc1ccc(C#N)c2cc(/C=C/c3ccc(/C=C/c4ccc5c(C#N)ccc(C#N)c5c4)c(Br)c3)ccc12. The number of benzene rings is 5. The summed E-state index contributed by atoms with van der Waals surface area (Å²) in [6.07, 6.45) is 7.96. The molecule has 0 aromatic heterocycles. The normalized spacial score (nSPS) is 10.9. The maximum atomic E-state index is 9.48. The van der Waals surface area contributed by atoms with Crippen LogP contribution in [0.1, 0.15) is 44.5 Å². The van der Waals surface area contributed by atoms with Gasteiger partial charge in [-0.05, 0) is 64.7 Å². The van der Waals surface area contributed by atoms with E-state index < -0.39 is 0 Å². The van der Waals surface area contributed by atoms with Gasteiger partial charge in [-0.3, -0.25) is 0 Å². The van der Waals surface area contributed by atoms with E-state index in [1.807, 2.05) is 78.9 Å². The lowest BCUT2D eigenvalue weighted by molar-refractivity contribution is 1.48. The summed E-state index contributed by atoms with van der Waals surface area (Å²) in [4.78, 5) is 0. The van der Waals surface area contributed by atoms with Crippen LogP contribution in [0.15, 0.2) is 83.3 Å². The molecule has 39 heavy (non-hydrogen) atoms. The number of nitrogens with zero attached hydrogens (tertiary/aromatic N) is 4. The van der Waals surface area contributed by atoms with Crippen LogP contribution in [-0.4, -0.2) is 0 Å². The summed E-state index contributed by atoms with van der Waals surface area (Å²) in [6.45, 7) is 0. The predicted molar refractivity (Wildman–Crippen MR) is 159 cm³/mol. The Hall–Kier alpha value is -5.46. The van der Waals surface area contributed by atoms with Crippen molar-refractivity contribution < 1.29 is 0 Å². The lowest BCUT2D eigenvalue weighted by atomic mass is 9.98. The van der Waals surface area contributed by atoms with E-state index in [2.05, 4.69) is 40.2 Å². The molecule has 0 radical (unpaired) electrons. The van der Waals surface area contributed by atoms with E-state index in [0.717, 1.165) is 48.3 Å². The lowest BCUT2D eigenvalue weighted by Gasteiger charge is -2.05. The smallest absolute Gasteiger partial charge is 0.0998 e. The van der Waals surface area contributed by atoms with Gasteiger partial charge >= 0.3 is 0 Å². The van der Waals surface area contributed by atoms with Gasteiger partial charge in [0, 0.05) is 26.0 Å². The van der Waals surface area contributed by atoms with Crippen molar-refractivity contribution in [2.75, 3.05) is 0 Å². The molecule has 0 saturated carbocycles. The molecule has 0 fully saturated rings. The summed E-state index contributed by atoms with van der Waals surface area (Å²) < 4.78 is 0.926. The van der Waals surface area contributed by atoms with Gasteiger partial charge in [-0.1, -0.05) is 76.6 Å². The molecule has 0 atom stereocenters. The van der Waals surface area contributed by atoms with Gasteiger partial charge in [-0.15, -0.1) is 0 Å². The molecule has 0 aliphatic heterocycles. The van der Waals surface area contributed by atoms with Crippen molar-refractivity contribution in [1.82, 2.24) is 0 Å². The molecule has 0 N–H and O–H groups in total. The lowest BCUT2D eigenvalue weighted by Crippen LogP contribution is -1.86. The third-order valence-corrected chi connectivity index (χ3v) is 7.20. The molecule has 5 rings (SSSR count). The summed E-state index contributed by atoms with van der Waals surface area (Å²) in [6, 6.07) is 33.1. The minimum absolute atomic E-state index is 0.539. The van der Waals surface area contributed by atoms with Crippen LogP contribution in [0, 0.1) is 45.3 Å². The monoisotopic (exact) mass is 560 g/mol. The van der Waals surface area contributed by atoms with Crippen LogP contribution >= 0.6 is 15.9 Å². The van der Waals surface area contributed by atoms with Crippen LogP contribution in [-0.2, 0) is 0 Å². The Labute approximate surface area is 234 Å². The molecule has 0 spiro atoms. The highest BCUT2D eigenvalue weighted by Gasteiger charge is 2.07. The van der Waals surface area contributed by atoms with Gasteiger partial charge in [0.2, 0.25) is 0 Å². The summed E-state index contributed by atoms with van der Waals surface area (Å²) >= 11 is 3.66. The Kier molecular flexibility index (Phi) is 7.03. The van der Waals surface area contributed by atoms with Gasteiger partial charge in [-0.2, -0.15) is 21.0 Å². The third kappa shape index (κ3) is 5.05. The van der Waals surface area contributed by atoms with Crippen molar-refractivity contribution in [3.63, 3.8) is 0 Å². The fourth-order valence-electron chi connectivity index (χ4n) is 4.49. The molecule has 0 heterocycles. The number of hydrogen-bond acceptors (Lipinski definition) is 4. The van der Waals surface area contributed by atoms with Crippen molar-refractivity contribution in [1.29, 1.82) is 21.0 Å². The molecule has 5 aromatic carbocycles. The van der Waals surface area contributed by atoms with Gasteiger partial charge in [0.05, 0.1) is 46.5 Å². The van der Waals surface area contributed by atoms with Gasteiger partial charge in [-0.25, -0.2) is 0 Å². The molecule has 5 aromatic rings. The maximum absolute atomic E-state index is 9.48. The first-order valence-electron chi connectivity index (χ1n) is 11.9. The zero-order valence-corrected chi connectivity index (χ0v) is 22.1. The summed E-state index contributed by atoms with van der Waals surface area (Å²) in [5.41, 5.74) is 6.03. The fourth-order valence-corrected chi connectivity index (χ4v) is 5.02. The molecule has 0 unspecified atom stereocenters.